The van der Waals surface area contributed by atoms with Crippen LogP contribution in [0.5, 0.6) is 0 Å². The quantitative estimate of drug-likeness (QED) is 0.200. The van der Waals surface area contributed by atoms with Crippen molar-refractivity contribution in [3.63, 3.8) is 0 Å². The molecule has 0 bridgehead atoms. The monoisotopic (exact) mass is 439 g/mol. The molecule has 1 saturated heterocycles. The maximum Gasteiger partial charge on any atom is 0.243 e. The smallest absolute Gasteiger partial charge is 0.243 e. The lowest BCUT2D eigenvalue weighted by atomic mass is 10.1. The lowest BCUT2D eigenvalue weighted by molar-refractivity contribution is -0.129. The Hall–Kier alpha value is -3.24. The van der Waals surface area contributed by atoms with Crippen LogP contribution >= 0.6 is 0 Å². The van der Waals surface area contributed by atoms with Gasteiger partial charge in [0.25, 0.3) is 0 Å². The van der Waals surface area contributed by atoms with Gasteiger partial charge in [-0.1, -0.05) is 12.8 Å². The third-order valence-corrected chi connectivity index (χ3v) is 5.60. The van der Waals surface area contributed by atoms with Crippen LogP contribution in [0.3, 0.4) is 0 Å². The number of nitrogen functional groups attached to an aromatic ring is 1. The van der Waals surface area contributed by atoms with Gasteiger partial charge in [-0.3, -0.25) is 10.0 Å². The molecule has 0 atom stereocenters. The number of carbonyl (C=O) groups excluding carboxylic acids is 1. The van der Waals surface area contributed by atoms with E-state index in [0.29, 0.717) is 31.1 Å². The molecule has 4 N–H and O–H groups in total. The third-order valence-electron chi connectivity index (χ3n) is 5.60. The molecular weight excluding hydrogens is 410 g/mol. The molecule has 0 spiro atoms. The molecule has 10 nitrogen and oxygen atoms in total. The number of morpholine rings is 1. The summed E-state index contributed by atoms with van der Waals surface area (Å²) in [5, 5.41) is 14.1. The summed E-state index contributed by atoms with van der Waals surface area (Å²) < 4.78 is 7.45. The predicted molar refractivity (Wildman–Crippen MR) is 121 cm³/mol. The molecule has 1 fully saturated rings. The van der Waals surface area contributed by atoms with E-state index in [2.05, 4.69) is 10.00 Å². The summed E-state index contributed by atoms with van der Waals surface area (Å²) in [5.74, 6) is 1.19. The van der Waals surface area contributed by atoms with Gasteiger partial charge in [0.2, 0.25) is 5.91 Å². The van der Waals surface area contributed by atoms with E-state index in [1.165, 1.54) is 0 Å². The van der Waals surface area contributed by atoms with E-state index in [-0.39, 0.29) is 5.91 Å². The maximum atomic E-state index is 11.1. The van der Waals surface area contributed by atoms with Crippen LogP contribution in [0.4, 0.5) is 11.5 Å². The Balaban J connectivity index is 1.55. The topological polar surface area (TPSA) is 131 Å². The van der Waals surface area contributed by atoms with Crippen molar-refractivity contribution in [2.24, 2.45) is 0 Å². The number of nitrogens with two attached hydrogens (primary N) is 1. The molecule has 10 heteroatoms. The van der Waals surface area contributed by atoms with Crippen LogP contribution in [0, 0.1) is 0 Å². The number of carbonyl (C=O) groups is 1. The van der Waals surface area contributed by atoms with Crippen LogP contribution in [-0.4, -0.2) is 57.2 Å². The van der Waals surface area contributed by atoms with Gasteiger partial charge in [-0.25, -0.2) is 20.1 Å². The molecule has 3 heterocycles. The number of hydrogen-bond acceptors (Lipinski definition) is 8. The van der Waals surface area contributed by atoms with E-state index in [1.807, 2.05) is 35.1 Å². The minimum absolute atomic E-state index is 0.336. The van der Waals surface area contributed by atoms with Crippen LogP contribution in [-0.2, 0) is 16.1 Å². The number of anilines is 2. The zero-order valence-corrected chi connectivity index (χ0v) is 18.0. The highest BCUT2D eigenvalue weighted by Gasteiger charge is 2.20. The molecule has 1 amide bonds. The number of hydrogen-bond donors (Lipinski definition) is 3. The van der Waals surface area contributed by atoms with Crippen molar-refractivity contribution in [2.75, 3.05) is 36.9 Å². The highest BCUT2D eigenvalue weighted by atomic mass is 16.5. The van der Waals surface area contributed by atoms with Crippen molar-refractivity contribution in [3.05, 3.63) is 30.5 Å². The lowest BCUT2D eigenvalue weighted by Gasteiger charge is -2.28. The molecule has 1 aliphatic heterocycles. The first-order valence-corrected chi connectivity index (χ1v) is 11.0. The van der Waals surface area contributed by atoms with Crippen LogP contribution in [0.2, 0.25) is 0 Å². The average Bonchev–Trinajstić information content (AvgIpc) is 3.24. The minimum Gasteiger partial charge on any atom is -0.399 e. The molecule has 3 aromatic rings. The molecular formula is C22H29N7O3. The first-order valence-electron chi connectivity index (χ1n) is 11.0. The molecule has 0 unspecified atom stereocenters. The van der Waals surface area contributed by atoms with Crippen molar-refractivity contribution >= 4 is 28.4 Å². The number of benzene rings is 1. The zero-order chi connectivity index (χ0) is 22.3. The van der Waals surface area contributed by atoms with Gasteiger partial charge in [0.15, 0.2) is 11.5 Å². The summed E-state index contributed by atoms with van der Waals surface area (Å²) in [6.07, 6.45) is 5.73. The average molecular weight is 440 g/mol. The molecule has 0 radical (unpaired) electrons. The summed E-state index contributed by atoms with van der Waals surface area (Å²) in [6.45, 7) is 3.63. The first kappa shape index (κ1) is 22.0. The standard InChI is InChI=1S/C22H29N7O3/c23-17-8-6-16(7-9-17)20-25-21(28-11-13-32-14-12-28)18-15-24-29(22(18)26-20)10-4-2-1-3-5-19(30)27-31/h6-9,15,31H,1-5,10-14,23H2,(H,27,30). The molecule has 1 aliphatic rings. The highest BCUT2D eigenvalue weighted by Crippen LogP contribution is 2.28. The Bertz CT molecular complexity index is 1050. The molecule has 1 aromatic carbocycles. The molecule has 170 valence electrons. The highest BCUT2D eigenvalue weighted by molar-refractivity contribution is 5.88. The van der Waals surface area contributed by atoms with E-state index >= 15 is 0 Å². The fourth-order valence-electron chi connectivity index (χ4n) is 3.84. The normalized spacial score (nSPS) is 14.1. The van der Waals surface area contributed by atoms with Gasteiger partial charge in [-0.05, 0) is 37.1 Å². The Morgan fingerprint density at radius 1 is 1.09 bits per heavy atom. The van der Waals surface area contributed by atoms with E-state index in [4.69, 9.17) is 25.6 Å². The van der Waals surface area contributed by atoms with Gasteiger partial charge < -0.3 is 15.4 Å². The van der Waals surface area contributed by atoms with Crippen LogP contribution in [0.15, 0.2) is 30.5 Å². The number of nitrogens with zero attached hydrogens (tertiary/aromatic N) is 5. The van der Waals surface area contributed by atoms with Crippen LogP contribution in [0.1, 0.15) is 32.1 Å². The van der Waals surface area contributed by atoms with Crippen molar-refractivity contribution in [3.8, 4) is 11.4 Å². The number of aryl methyl sites for hydroxylation is 1. The number of unbranched alkanes of at least 4 members (excludes halogenated alkanes) is 3. The zero-order valence-electron chi connectivity index (χ0n) is 18.0. The molecule has 4 rings (SSSR count). The van der Waals surface area contributed by atoms with E-state index in [0.717, 1.165) is 67.7 Å². The second kappa shape index (κ2) is 10.4. The van der Waals surface area contributed by atoms with Gasteiger partial charge in [0.05, 0.1) is 24.8 Å². The summed E-state index contributed by atoms with van der Waals surface area (Å²) >= 11 is 0. The minimum atomic E-state index is -0.342. The van der Waals surface area contributed by atoms with Crippen LogP contribution in [0.25, 0.3) is 22.4 Å². The molecule has 2 aromatic heterocycles. The van der Waals surface area contributed by atoms with Crippen molar-refractivity contribution in [2.45, 2.75) is 38.6 Å². The molecule has 0 saturated carbocycles. The van der Waals surface area contributed by atoms with E-state index in [1.54, 1.807) is 5.48 Å². The number of aromatic nitrogens is 4. The predicted octanol–water partition coefficient (Wildman–Crippen LogP) is 2.37. The largest absolute Gasteiger partial charge is 0.399 e. The van der Waals surface area contributed by atoms with Gasteiger partial charge >= 0.3 is 0 Å². The third kappa shape index (κ3) is 5.14. The fraction of sp³-hybridized carbons (Fsp3) is 0.455. The lowest BCUT2D eigenvalue weighted by Crippen LogP contribution is -2.37. The Labute approximate surface area is 186 Å². The van der Waals surface area contributed by atoms with E-state index in [9.17, 15) is 4.79 Å². The first-order chi connectivity index (χ1) is 15.7. The Kier molecular flexibility index (Phi) is 7.13. The fourth-order valence-corrected chi connectivity index (χ4v) is 3.84. The number of rotatable bonds is 9. The second-order valence-electron chi connectivity index (χ2n) is 7.90. The Morgan fingerprint density at radius 3 is 2.59 bits per heavy atom. The number of ether oxygens (including phenoxy) is 1. The molecule has 32 heavy (non-hydrogen) atoms. The van der Waals surface area contributed by atoms with Crippen molar-refractivity contribution in [1.29, 1.82) is 0 Å². The summed E-state index contributed by atoms with van der Waals surface area (Å²) in [6, 6.07) is 7.57. The van der Waals surface area contributed by atoms with Gasteiger partial charge in [0, 0.05) is 37.3 Å². The number of fused-ring (bicyclic) bond motifs is 1. The summed E-state index contributed by atoms with van der Waals surface area (Å²) in [5.41, 5.74) is 9.94. The SMILES string of the molecule is Nc1ccc(-c2nc(N3CCOCC3)c3cnn(CCCCCCC(=O)NO)c3n2)cc1. The van der Waals surface area contributed by atoms with Crippen molar-refractivity contribution < 1.29 is 14.7 Å². The number of hydroxylamine groups is 1. The van der Waals surface area contributed by atoms with Gasteiger partial charge in [-0.2, -0.15) is 5.10 Å². The van der Waals surface area contributed by atoms with E-state index < -0.39 is 0 Å². The van der Waals surface area contributed by atoms with Crippen molar-refractivity contribution in [1.82, 2.24) is 25.2 Å². The molecule has 0 aliphatic carbocycles. The van der Waals surface area contributed by atoms with Gasteiger partial charge in [-0.15, -0.1) is 0 Å². The summed E-state index contributed by atoms with van der Waals surface area (Å²) in [4.78, 5) is 23.1. The number of amides is 1. The summed E-state index contributed by atoms with van der Waals surface area (Å²) in [7, 11) is 0. The van der Waals surface area contributed by atoms with Gasteiger partial charge in [0.1, 0.15) is 5.82 Å². The second-order valence-corrected chi connectivity index (χ2v) is 7.90. The van der Waals surface area contributed by atoms with Crippen LogP contribution < -0.4 is 16.1 Å². The maximum absolute atomic E-state index is 11.1. The Morgan fingerprint density at radius 2 is 1.84 bits per heavy atom. The number of nitrogens with one attached hydrogen (secondary N) is 1.